The zero-order valence-electron chi connectivity index (χ0n) is 41.9. The molecule has 0 radical (unpaired) electrons. The van der Waals surface area contributed by atoms with Crippen LogP contribution < -0.4 is 0 Å². The van der Waals surface area contributed by atoms with Crippen LogP contribution in [-0.2, 0) is 0 Å². The van der Waals surface area contributed by atoms with Gasteiger partial charge in [-0.05, 0) is 112 Å². The molecule has 9 rings (SSSR count). The second-order valence-corrected chi connectivity index (χ2v) is 10.8. The molecule has 0 saturated carbocycles. The second-order valence-electron chi connectivity index (χ2n) is 10.8. The number of rotatable bonds is 4. The first kappa shape index (κ1) is 14.0. The first-order valence-corrected chi connectivity index (χ1v) is 14.5. The van der Waals surface area contributed by atoms with Crippen LogP contribution in [0.1, 0.15) is 24.7 Å². The average molecular weight is 601 g/mol. The van der Waals surface area contributed by atoms with E-state index < -0.39 is 109 Å². The summed E-state index contributed by atoms with van der Waals surface area (Å²) < 4.78 is 156. The van der Waals surface area contributed by atoms with Gasteiger partial charge in [0.1, 0.15) is 0 Å². The molecule has 214 valence electrons. The van der Waals surface area contributed by atoms with Crippen LogP contribution in [0.25, 0.3) is 87.6 Å². The van der Waals surface area contributed by atoms with E-state index in [0.717, 1.165) is 0 Å². The molecule has 0 unspecified atom stereocenters. The van der Waals surface area contributed by atoms with Gasteiger partial charge < -0.3 is 0 Å². The third-order valence-corrected chi connectivity index (χ3v) is 8.21. The van der Waals surface area contributed by atoms with Crippen LogP contribution in [0.4, 0.5) is 0 Å². The van der Waals surface area contributed by atoms with Crippen LogP contribution in [0.5, 0.6) is 0 Å². The van der Waals surface area contributed by atoms with E-state index in [-0.39, 0.29) is 43.8 Å². The molecule has 0 amide bonds. The highest BCUT2D eigenvalue weighted by molar-refractivity contribution is 6.22. The first-order valence-electron chi connectivity index (χ1n) is 23.5. The van der Waals surface area contributed by atoms with Crippen molar-refractivity contribution in [3.05, 3.63) is 182 Å². The van der Waals surface area contributed by atoms with Gasteiger partial charge in [-0.2, -0.15) is 0 Å². The normalized spacial score (nSPS) is 17.0. The van der Waals surface area contributed by atoms with E-state index in [2.05, 4.69) is 0 Å². The van der Waals surface area contributed by atoms with E-state index >= 15 is 0 Å². The Morgan fingerprint density at radius 3 is 0.935 bits per heavy atom. The van der Waals surface area contributed by atoms with E-state index in [1.807, 2.05) is 0 Å². The Morgan fingerprint density at radius 1 is 0.261 bits per heavy atom. The minimum atomic E-state index is -0.587. The van der Waals surface area contributed by atoms with E-state index in [4.69, 9.17) is 19.2 Å². The molecular weight excluding hydrogens is 553 g/mol. The molecule has 46 heavy (non-hydrogen) atoms. The van der Waals surface area contributed by atoms with Crippen LogP contribution in [0, 0.1) is 0 Å². The highest BCUT2D eigenvalue weighted by atomic mass is 14.2. The topological polar surface area (TPSA) is 0 Å². The van der Waals surface area contributed by atoms with Gasteiger partial charge in [-0.15, -0.1) is 0 Å². The summed E-state index contributed by atoms with van der Waals surface area (Å²) in [7, 11) is 0. The molecule has 0 bridgehead atoms. The number of fused-ring (bicyclic) bond motifs is 4. The Morgan fingerprint density at radius 2 is 0.565 bits per heavy atom. The Bertz CT molecular complexity index is 3220. The first-order chi connectivity index (χ1) is 30.3. The minimum absolute atomic E-state index is 0.0300. The summed E-state index contributed by atoms with van der Waals surface area (Å²) in [6.45, 7) is 0. The molecular formula is C46H30. The summed E-state index contributed by atoms with van der Waals surface area (Å²) in [6.07, 6.45) is 0. The zero-order valence-corrected chi connectivity index (χ0v) is 23.9. The fourth-order valence-corrected chi connectivity index (χ4v) is 6.11. The standard InChI is InChI=1S/C46H30/c1-3-11-31(12-4-1)35-23-19-33-21-25-37(29-39(33)27-35)45-41-15-7-9-17-43(41)46(44-18-10-8-16-42(44)45)38-26-22-34-20-24-36(28-40(34)30-38)32-13-5-2-6-14-32/h1-30H/i1D,2D,3D,4D,5D,6D,7D,8D,9D,10D,11D,12D,13D,14D,15D,16D,17D,18D. The maximum atomic E-state index is 9.37. The van der Waals surface area contributed by atoms with Gasteiger partial charge in [-0.25, -0.2) is 0 Å². The van der Waals surface area contributed by atoms with Crippen molar-refractivity contribution in [2.24, 2.45) is 0 Å². The lowest BCUT2D eigenvalue weighted by atomic mass is 9.85. The van der Waals surface area contributed by atoms with Gasteiger partial charge >= 0.3 is 0 Å². The SMILES string of the molecule is [2H]c1c([2H])c([2H])c(-c2ccc3ccc(-c4c5c([2H])c([2H])c([2H])c([2H])c5c(-c5ccc6ccc(-c7c([2H])c([2H])c([2H])c([2H])c7[2H])cc6c5)c5c([2H])c([2H])c([2H])c([2H])c45)cc3c2)c([2H])c1[2H]. The molecule has 0 saturated heterocycles. The largest absolute Gasteiger partial charge is 0.0629 e. The van der Waals surface area contributed by atoms with Gasteiger partial charge in [0.05, 0.1) is 24.7 Å². The summed E-state index contributed by atoms with van der Waals surface area (Å²) in [6, 6.07) is 11.1. The second kappa shape index (κ2) is 10.9. The lowest BCUT2D eigenvalue weighted by Crippen LogP contribution is -1.91. The third kappa shape index (κ3) is 4.47. The Labute approximate surface area is 294 Å². The molecule has 0 heterocycles. The Balaban J connectivity index is 1.39. The van der Waals surface area contributed by atoms with E-state index in [1.54, 1.807) is 72.8 Å². The van der Waals surface area contributed by atoms with Gasteiger partial charge in [0, 0.05) is 0 Å². The summed E-state index contributed by atoms with van der Waals surface area (Å²) in [5.41, 5.74) is 1.35. The van der Waals surface area contributed by atoms with Crippen LogP contribution in [-0.4, -0.2) is 0 Å². The number of hydrogen-bond acceptors (Lipinski definition) is 0. The van der Waals surface area contributed by atoms with Gasteiger partial charge in [0.2, 0.25) is 0 Å². The van der Waals surface area contributed by atoms with E-state index in [9.17, 15) is 5.48 Å². The van der Waals surface area contributed by atoms with Crippen LogP contribution in [0.3, 0.4) is 0 Å². The van der Waals surface area contributed by atoms with E-state index in [0.29, 0.717) is 43.8 Å². The molecule has 0 aromatic heterocycles. The van der Waals surface area contributed by atoms with Crippen molar-refractivity contribution in [2.45, 2.75) is 0 Å². The number of hydrogen-bond donors (Lipinski definition) is 0. The summed E-state index contributed by atoms with van der Waals surface area (Å²) >= 11 is 0. The molecule has 0 fully saturated rings. The average Bonchev–Trinajstić information content (AvgIpc) is 3.29. The van der Waals surface area contributed by atoms with Crippen molar-refractivity contribution in [3.63, 3.8) is 0 Å². The Hall–Kier alpha value is -5.98. The smallest absolute Gasteiger partial charge is 0.0622 e. The minimum Gasteiger partial charge on any atom is -0.0622 e. The molecule has 0 aliphatic carbocycles. The predicted molar refractivity (Wildman–Crippen MR) is 198 cm³/mol. The quantitative estimate of drug-likeness (QED) is 0.176. The van der Waals surface area contributed by atoms with Crippen LogP contribution >= 0.6 is 0 Å². The van der Waals surface area contributed by atoms with Crippen molar-refractivity contribution in [1.82, 2.24) is 0 Å². The van der Waals surface area contributed by atoms with Crippen molar-refractivity contribution >= 4 is 43.1 Å². The van der Waals surface area contributed by atoms with Crippen LogP contribution in [0.15, 0.2) is 182 Å². The van der Waals surface area contributed by atoms with Gasteiger partial charge in [0.15, 0.2) is 0 Å². The summed E-state index contributed by atoms with van der Waals surface area (Å²) in [4.78, 5) is 0. The maximum Gasteiger partial charge on any atom is 0.0629 e. The number of benzene rings is 9. The van der Waals surface area contributed by atoms with Gasteiger partial charge in [-0.3, -0.25) is 0 Å². The van der Waals surface area contributed by atoms with Crippen molar-refractivity contribution in [3.8, 4) is 44.5 Å². The highest BCUT2D eigenvalue weighted by Gasteiger charge is 2.17. The molecule has 0 N–H and O–H groups in total. The van der Waals surface area contributed by atoms with Crippen molar-refractivity contribution in [2.75, 3.05) is 0 Å². The zero-order chi connectivity index (χ0) is 46.1. The predicted octanol–water partition coefficient (Wildman–Crippen LogP) is 13.0. The van der Waals surface area contributed by atoms with Crippen LogP contribution in [0.2, 0.25) is 0 Å². The molecule has 0 heteroatoms. The molecule has 0 aliphatic heterocycles. The fourth-order valence-electron chi connectivity index (χ4n) is 6.11. The molecule has 9 aromatic carbocycles. The molecule has 0 spiro atoms. The van der Waals surface area contributed by atoms with Gasteiger partial charge in [-0.1, -0.05) is 157 Å². The highest BCUT2D eigenvalue weighted by Crippen LogP contribution is 2.44. The molecule has 9 aromatic rings. The maximum absolute atomic E-state index is 9.37. The van der Waals surface area contributed by atoms with Gasteiger partial charge in [0.25, 0.3) is 0 Å². The molecule has 0 nitrogen and oxygen atoms in total. The lowest BCUT2D eigenvalue weighted by molar-refractivity contribution is 1.64. The summed E-state index contributed by atoms with van der Waals surface area (Å²) in [5, 5.41) is 2.18. The fraction of sp³-hybridized carbons (Fsp3) is 0. The molecule has 0 atom stereocenters. The third-order valence-electron chi connectivity index (χ3n) is 8.21. The molecule has 0 aliphatic rings. The monoisotopic (exact) mass is 600 g/mol. The Kier molecular flexibility index (Phi) is 3.30. The van der Waals surface area contributed by atoms with E-state index in [1.165, 1.54) is 0 Å². The lowest BCUT2D eigenvalue weighted by Gasteiger charge is -2.18. The van der Waals surface area contributed by atoms with Crippen molar-refractivity contribution < 1.29 is 24.7 Å². The van der Waals surface area contributed by atoms with Crippen molar-refractivity contribution in [1.29, 1.82) is 0 Å². The summed E-state index contributed by atoms with van der Waals surface area (Å²) in [5.74, 6) is 0.